The van der Waals surface area contributed by atoms with Crippen LogP contribution in [0, 0.1) is 5.82 Å². The molecule has 0 unspecified atom stereocenters. The predicted octanol–water partition coefficient (Wildman–Crippen LogP) is 4.20. The van der Waals surface area contributed by atoms with E-state index >= 15 is 0 Å². The molecule has 1 fully saturated rings. The molecule has 1 saturated heterocycles. The fraction of sp³-hybridized carbons (Fsp3) is 0.500. The van der Waals surface area contributed by atoms with Gasteiger partial charge in [-0.3, -0.25) is 0 Å². The molecule has 138 valence electrons. The minimum absolute atomic E-state index is 0.0801. The van der Waals surface area contributed by atoms with E-state index in [1.165, 1.54) is 12.1 Å². The van der Waals surface area contributed by atoms with Crippen molar-refractivity contribution in [2.45, 2.75) is 57.6 Å². The lowest BCUT2D eigenvalue weighted by molar-refractivity contribution is -0.0606. The van der Waals surface area contributed by atoms with Crippen molar-refractivity contribution in [2.24, 2.45) is 0 Å². The number of rotatable bonds is 5. The van der Waals surface area contributed by atoms with Crippen LogP contribution in [-0.4, -0.2) is 31.7 Å². The highest BCUT2D eigenvalue weighted by Gasteiger charge is 2.31. The molecule has 1 atom stereocenters. The fourth-order valence-corrected chi connectivity index (χ4v) is 3.89. The van der Waals surface area contributed by atoms with Gasteiger partial charge in [-0.2, -0.15) is 0 Å². The molecule has 0 bridgehead atoms. The van der Waals surface area contributed by atoms with Gasteiger partial charge in [-0.05, 0) is 51.3 Å². The van der Waals surface area contributed by atoms with Gasteiger partial charge in [0.2, 0.25) is 0 Å². The summed E-state index contributed by atoms with van der Waals surface area (Å²) in [7, 11) is 0. The zero-order valence-electron chi connectivity index (χ0n) is 15.3. The number of ether oxygens (including phenoxy) is 1. The summed E-state index contributed by atoms with van der Waals surface area (Å²) in [6.07, 6.45) is 7.76. The van der Waals surface area contributed by atoms with Crippen molar-refractivity contribution in [2.75, 3.05) is 6.61 Å². The topological polar surface area (TPSA) is 55.7 Å². The second-order valence-electron chi connectivity index (χ2n) is 7.73. The first-order valence-corrected chi connectivity index (χ1v) is 9.29. The molecule has 3 aromatic rings. The Kier molecular flexibility index (Phi) is 4.53. The molecular formula is C20H25FN4O. The maximum absolute atomic E-state index is 13.3. The summed E-state index contributed by atoms with van der Waals surface area (Å²) in [6.45, 7) is 5.99. The second kappa shape index (κ2) is 6.83. The quantitative estimate of drug-likeness (QED) is 0.745. The predicted molar refractivity (Wildman–Crippen MR) is 98.6 cm³/mol. The van der Waals surface area contributed by atoms with Crippen molar-refractivity contribution in [3.05, 3.63) is 48.1 Å². The smallest absolute Gasteiger partial charge is 0.125 e. The third-order valence-corrected chi connectivity index (χ3v) is 5.12. The fourth-order valence-electron chi connectivity index (χ4n) is 3.89. The standard InChI is InChI=1S/C20H25FN4O/c1-20(2)13-14(7-11-26-20)19-22-8-10-25(19)9-3-4-18-23-16-6-5-15(21)12-17(16)24-18/h5-6,8,10,12,14H,3-4,7,9,11,13H2,1-2H3,(H,23,24)/t14-/m1/s1. The van der Waals surface area contributed by atoms with Gasteiger partial charge in [0.25, 0.3) is 0 Å². The van der Waals surface area contributed by atoms with Crippen LogP contribution in [0.5, 0.6) is 0 Å². The molecule has 5 nitrogen and oxygen atoms in total. The van der Waals surface area contributed by atoms with Crippen LogP contribution in [0.3, 0.4) is 0 Å². The molecule has 4 rings (SSSR count). The highest BCUT2D eigenvalue weighted by molar-refractivity contribution is 5.74. The number of imidazole rings is 2. The van der Waals surface area contributed by atoms with E-state index in [4.69, 9.17) is 4.74 Å². The molecule has 3 heterocycles. The molecule has 0 spiro atoms. The first kappa shape index (κ1) is 17.2. The van der Waals surface area contributed by atoms with Gasteiger partial charge < -0.3 is 14.3 Å². The van der Waals surface area contributed by atoms with Gasteiger partial charge in [0, 0.05) is 37.9 Å². The van der Waals surface area contributed by atoms with Crippen LogP contribution in [0.1, 0.15) is 50.7 Å². The highest BCUT2D eigenvalue weighted by Crippen LogP contribution is 2.34. The van der Waals surface area contributed by atoms with Gasteiger partial charge in [-0.1, -0.05) is 0 Å². The Morgan fingerprint density at radius 3 is 3.12 bits per heavy atom. The van der Waals surface area contributed by atoms with E-state index in [1.807, 2.05) is 6.20 Å². The molecule has 0 aliphatic carbocycles. The van der Waals surface area contributed by atoms with Gasteiger partial charge >= 0.3 is 0 Å². The van der Waals surface area contributed by atoms with Crippen LogP contribution in [0.2, 0.25) is 0 Å². The maximum Gasteiger partial charge on any atom is 0.125 e. The number of aromatic amines is 1. The van der Waals surface area contributed by atoms with E-state index in [-0.39, 0.29) is 11.4 Å². The normalized spacial score (nSPS) is 19.9. The van der Waals surface area contributed by atoms with Gasteiger partial charge in [-0.25, -0.2) is 14.4 Å². The SMILES string of the molecule is CC1(C)C[C@H](c2nccn2CCCc2nc3ccc(F)cc3[nH]2)CCO1. The summed E-state index contributed by atoms with van der Waals surface area (Å²) in [5.41, 5.74) is 1.49. The lowest BCUT2D eigenvalue weighted by atomic mass is 9.88. The van der Waals surface area contributed by atoms with E-state index in [9.17, 15) is 4.39 Å². The number of nitrogens with one attached hydrogen (secondary N) is 1. The zero-order chi connectivity index (χ0) is 18.1. The van der Waals surface area contributed by atoms with Gasteiger partial charge in [0.15, 0.2) is 0 Å². The van der Waals surface area contributed by atoms with Gasteiger partial charge in [-0.15, -0.1) is 0 Å². The molecule has 6 heteroatoms. The molecule has 1 aromatic carbocycles. The van der Waals surface area contributed by atoms with E-state index in [1.54, 1.807) is 6.07 Å². The van der Waals surface area contributed by atoms with Crippen molar-refractivity contribution >= 4 is 11.0 Å². The molecular weight excluding hydrogens is 331 g/mol. The van der Waals surface area contributed by atoms with Crippen molar-refractivity contribution < 1.29 is 9.13 Å². The minimum atomic E-state index is -0.241. The first-order chi connectivity index (χ1) is 12.5. The summed E-state index contributed by atoms with van der Waals surface area (Å²) in [5, 5.41) is 0. The molecule has 1 N–H and O–H groups in total. The first-order valence-electron chi connectivity index (χ1n) is 9.29. The zero-order valence-corrected chi connectivity index (χ0v) is 15.3. The van der Waals surface area contributed by atoms with Crippen LogP contribution in [0.25, 0.3) is 11.0 Å². The Labute approximate surface area is 152 Å². The summed E-state index contributed by atoms with van der Waals surface area (Å²) in [4.78, 5) is 12.4. The molecule has 26 heavy (non-hydrogen) atoms. The number of H-pyrrole nitrogens is 1. The van der Waals surface area contributed by atoms with E-state index in [0.29, 0.717) is 5.92 Å². The number of nitrogens with zero attached hydrogens (tertiary/aromatic N) is 3. The van der Waals surface area contributed by atoms with Crippen LogP contribution in [-0.2, 0) is 17.7 Å². The number of hydrogen-bond acceptors (Lipinski definition) is 3. The Morgan fingerprint density at radius 2 is 2.27 bits per heavy atom. The van der Waals surface area contributed by atoms with Crippen molar-refractivity contribution in [1.82, 2.24) is 19.5 Å². The average Bonchev–Trinajstić information content (AvgIpc) is 3.20. The molecule has 0 amide bonds. The number of halogens is 1. The number of hydrogen-bond donors (Lipinski definition) is 1. The minimum Gasteiger partial charge on any atom is -0.376 e. The van der Waals surface area contributed by atoms with E-state index in [0.717, 1.165) is 61.5 Å². The van der Waals surface area contributed by atoms with Crippen molar-refractivity contribution in [3.63, 3.8) is 0 Å². The Morgan fingerprint density at radius 1 is 1.38 bits per heavy atom. The maximum atomic E-state index is 13.3. The molecule has 1 aliphatic heterocycles. The summed E-state index contributed by atoms with van der Waals surface area (Å²) < 4.78 is 21.4. The number of aryl methyl sites for hydroxylation is 2. The lowest BCUT2D eigenvalue weighted by Crippen LogP contribution is -2.34. The van der Waals surface area contributed by atoms with Gasteiger partial charge in [0.1, 0.15) is 17.5 Å². The van der Waals surface area contributed by atoms with Crippen LogP contribution in [0.15, 0.2) is 30.6 Å². The Hall–Kier alpha value is -2.21. The summed E-state index contributed by atoms with van der Waals surface area (Å²) >= 11 is 0. The number of fused-ring (bicyclic) bond motifs is 1. The van der Waals surface area contributed by atoms with E-state index < -0.39 is 0 Å². The Balaban J connectivity index is 1.40. The van der Waals surface area contributed by atoms with Crippen LogP contribution >= 0.6 is 0 Å². The molecule has 1 aliphatic rings. The highest BCUT2D eigenvalue weighted by atomic mass is 19.1. The Bertz CT molecular complexity index is 898. The molecule has 0 saturated carbocycles. The van der Waals surface area contributed by atoms with Crippen molar-refractivity contribution in [1.29, 1.82) is 0 Å². The third kappa shape index (κ3) is 3.65. The molecule has 2 aromatic heterocycles. The number of aromatic nitrogens is 4. The van der Waals surface area contributed by atoms with Gasteiger partial charge in [0.05, 0.1) is 16.6 Å². The number of benzene rings is 1. The van der Waals surface area contributed by atoms with Crippen molar-refractivity contribution in [3.8, 4) is 0 Å². The van der Waals surface area contributed by atoms with E-state index in [2.05, 4.69) is 39.6 Å². The monoisotopic (exact) mass is 356 g/mol. The summed E-state index contributed by atoms with van der Waals surface area (Å²) in [5.74, 6) is 2.27. The second-order valence-corrected chi connectivity index (χ2v) is 7.73. The molecule has 0 radical (unpaired) electrons. The summed E-state index contributed by atoms with van der Waals surface area (Å²) in [6, 6.07) is 4.65. The largest absolute Gasteiger partial charge is 0.376 e. The average molecular weight is 356 g/mol. The lowest BCUT2D eigenvalue weighted by Gasteiger charge is -2.35. The van der Waals surface area contributed by atoms with Crippen LogP contribution < -0.4 is 0 Å². The van der Waals surface area contributed by atoms with Crippen LogP contribution in [0.4, 0.5) is 4.39 Å². The third-order valence-electron chi connectivity index (χ3n) is 5.12.